The van der Waals surface area contributed by atoms with Crippen LogP contribution in [0.3, 0.4) is 0 Å². The summed E-state index contributed by atoms with van der Waals surface area (Å²) in [6.07, 6.45) is 2.49. The van der Waals surface area contributed by atoms with Crippen molar-refractivity contribution in [3.63, 3.8) is 0 Å². The number of nitrogens with zero attached hydrogens (tertiary/aromatic N) is 1. The highest BCUT2D eigenvalue weighted by atomic mass is 16.5. The number of methoxy groups -OCH3 is 1. The molecule has 5 nitrogen and oxygen atoms in total. The van der Waals surface area contributed by atoms with Crippen molar-refractivity contribution in [1.29, 1.82) is 0 Å². The normalized spacial score (nSPS) is 17.4. The second kappa shape index (κ2) is 6.90. The van der Waals surface area contributed by atoms with Gasteiger partial charge in [-0.1, -0.05) is 0 Å². The van der Waals surface area contributed by atoms with Gasteiger partial charge in [-0.15, -0.1) is 0 Å². The molecular weight excluding hydrogens is 256 g/mol. The second-order valence-electron chi connectivity index (χ2n) is 5.55. The largest absolute Gasteiger partial charge is 0.465 e. The number of carbonyl (C=O) groups excluding carboxylic acids is 1. The first-order chi connectivity index (χ1) is 9.60. The predicted octanol–water partition coefficient (Wildman–Crippen LogP) is 1.81. The van der Waals surface area contributed by atoms with Gasteiger partial charge < -0.3 is 19.4 Å². The van der Waals surface area contributed by atoms with Gasteiger partial charge in [-0.25, -0.2) is 4.79 Å². The molecule has 0 amide bonds. The number of furan rings is 1. The number of ether oxygens (including phenoxy) is 1. The van der Waals surface area contributed by atoms with Crippen LogP contribution in [0.4, 0.5) is 0 Å². The third-order valence-electron chi connectivity index (χ3n) is 3.94. The summed E-state index contributed by atoms with van der Waals surface area (Å²) in [6.45, 7) is 5.80. The Balaban J connectivity index is 1.78. The molecule has 1 aromatic heterocycles. The van der Waals surface area contributed by atoms with Gasteiger partial charge in [-0.2, -0.15) is 0 Å². The number of hydrogen-bond donors (Lipinski definition) is 1. The molecule has 0 spiro atoms. The maximum atomic E-state index is 11.5. The number of aryl methyl sites for hydroxylation is 1. The minimum absolute atomic E-state index is 0.340. The zero-order valence-electron chi connectivity index (χ0n) is 12.6. The topological polar surface area (TPSA) is 54.7 Å². The summed E-state index contributed by atoms with van der Waals surface area (Å²) in [7, 11) is 3.55. The number of rotatable bonds is 5. The molecular formula is C15H24N2O3. The van der Waals surface area contributed by atoms with E-state index in [1.165, 1.54) is 33.0 Å². The van der Waals surface area contributed by atoms with Crippen LogP contribution in [-0.2, 0) is 11.3 Å². The number of piperidine rings is 1. The first kappa shape index (κ1) is 15.1. The highest BCUT2D eigenvalue weighted by molar-refractivity contribution is 5.90. The predicted molar refractivity (Wildman–Crippen MR) is 76.7 cm³/mol. The lowest BCUT2D eigenvalue weighted by Crippen LogP contribution is -2.34. The fourth-order valence-corrected chi connectivity index (χ4v) is 2.61. The van der Waals surface area contributed by atoms with Crippen molar-refractivity contribution in [3.8, 4) is 0 Å². The van der Waals surface area contributed by atoms with Crippen molar-refractivity contribution >= 4 is 5.97 Å². The van der Waals surface area contributed by atoms with Crippen molar-refractivity contribution in [3.05, 3.63) is 23.2 Å². The molecule has 20 heavy (non-hydrogen) atoms. The fourth-order valence-electron chi connectivity index (χ4n) is 2.61. The third-order valence-corrected chi connectivity index (χ3v) is 3.94. The van der Waals surface area contributed by atoms with E-state index in [2.05, 4.69) is 17.3 Å². The Bertz CT molecular complexity index is 448. The van der Waals surface area contributed by atoms with Crippen LogP contribution in [0.25, 0.3) is 0 Å². The summed E-state index contributed by atoms with van der Waals surface area (Å²) in [5.74, 6) is 1.80. The molecule has 0 saturated carbocycles. The summed E-state index contributed by atoms with van der Waals surface area (Å²) < 4.78 is 10.3. The minimum Gasteiger partial charge on any atom is -0.465 e. The maximum Gasteiger partial charge on any atom is 0.341 e. The molecule has 1 aromatic rings. The first-order valence-electron chi connectivity index (χ1n) is 7.17. The molecule has 0 aliphatic carbocycles. The Morgan fingerprint density at radius 2 is 2.20 bits per heavy atom. The highest BCUT2D eigenvalue weighted by Gasteiger charge is 2.17. The van der Waals surface area contributed by atoms with Gasteiger partial charge in [-0.3, -0.25) is 0 Å². The molecule has 1 saturated heterocycles. The molecule has 0 atom stereocenters. The van der Waals surface area contributed by atoms with Crippen molar-refractivity contribution < 1.29 is 13.9 Å². The molecule has 112 valence electrons. The van der Waals surface area contributed by atoms with E-state index in [0.29, 0.717) is 17.9 Å². The van der Waals surface area contributed by atoms with Gasteiger partial charge >= 0.3 is 5.97 Å². The quantitative estimate of drug-likeness (QED) is 0.834. The fraction of sp³-hybridized carbons (Fsp3) is 0.667. The SMILES string of the molecule is COC(=O)c1cc(CNCC2CCN(C)CC2)oc1C. The van der Waals surface area contributed by atoms with Gasteiger partial charge in [0.2, 0.25) is 0 Å². The number of hydrogen-bond acceptors (Lipinski definition) is 5. The average Bonchev–Trinajstić information content (AvgIpc) is 2.81. The Morgan fingerprint density at radius 3 is 2.85 bits per heavy atom. The smallest absolute Gasteiger partial charge is 0.341 e. The summed E-state index contributed by atoms with van der Waals surface area (Å²) in [6, 6.07) is 1.77. The first-order valence-corrected chi connectivity index (χ1v) is 7.17. The van der Waals surface area contributed by atoms with Crippen LogP contribution < -0.4 is 5.32 Å². The molecule has 1 aliphatic heterocycles. The van der Waals surface area contributed by atoms with E-state index in [-0.39, 0.29) is 5.97 Å². The molecule has 0 radical (unpaired) electrons. The number of esters is 1. The zero-order chi connectivity index (χ0) is 14.5. The van der Waals surface area contributed by atoms with E-state index in [1.807, 2.05) is 0 Å². The summed E-state index contributed by atoms with van der Waals surface area (Å²) in [5.41, 5.74) is 0.517. The number of nitrogens with one attached hydrogen (secondary N) is 1. The second-order valence-corrected chi connectivity index (χ2v) is 5.55. The molecule has 1 fully saturated rings. The van der Waals surface area contributed by atoms with Crippen LogP contribution in [-0.4, -0.2) is 44.7 Å². The van der Waals surface area contributed by atoms with Gasteiger partial charge in [0.1, 0.15) is 17.1 Å². The van der Waals surface area contributed by atoms with Crippen molar-refractivity contribution in [1.82, 2.24) is 10.2 Å². The van der Waals surface area contributed by atoms with Gasteiger partial charge in [0.15, 0.2) is 0 Å². The van der Waals surface area contributed by atoms with Crippen molar-refractivity contribution in [2.24, 2.45) is 5.92 Å². The highest BCUT2D eigenvalue weighted by Crippen LogP contribution is 2.17. The Kier molecular flexibility index (Phi) is 5.20. The molecule has 0 aromatic carbocycles. The summed E-state index contributed by atoms with van der Waals surface area (Å²) >= 11 is 0. The third kappa shape index (κ3) is 3.84. The van der Waals surface area contributed by atoms with Crippen molar-refractivity contribution in [2.75, 3.05) is 33.8 Å². The van der Waals surface area contributed by atoms with Crippen LogP contribution >= 0.6 is 0 Å². The molecule has 2 rings (SSSR count). The molecule has 1 aliphatic rings. The molecule has 1 N–H and O–H groups in total. The van der Waals surface area contributed by atoms with E-state index in [0.717, 1.165) is 18.2 Å². The maximum absolute atomic E-state index is 11.5. The summed E-state index contributed by atoms with van der Waals surface area (Å²) in [5, 5.41) is 3.42. The Hall–Kier alpha value is -1.33. The van der Waals surface area contributed by atoms with Crippen LogP contribution in [0.2, 0.25) is 0 Å². The Morgan fingerprint density at radius 1 is 1.50 bits per heavy atom. The molecule has 2 heterocycles. The van der Waals surface area contributed by atoms with E-state index < -0.39 is 0 Å². The lowest BCUT2D eigenvalue weighted by Gasteiger charge is -2.28. The number of likely N-dealkylation sites (tertiary alicyclic amines) is 1. The van der Waals surface area contributed by atoms with E-state index >= 15 is 0 Å². The summed E-state index contributed by atoms with van der Waals surface area (Å²) in [4.78, 5) is 13.9. The lowest BCUT2D eigenvalue weighted by atomic mass is 9.97. The average molecular weight is 280 g/mol. The van der Waals surface area contributed by atoms with Crippen LogP contribution in [0, 0.1) is 12.8 Å². The van der Waals surface area contributed by atoms with Crippen LogP contribution in [0.5, 0.6) is 0 Å². The van der Waals surface area contributed by atoms with E-state index in [9.17, 15) is 4.79 Å². The van der Waals surface area contributed by atoms with Gasteiger partial charge in [-0.05, 0) is 58.4 Å². The van der Waals surface area contributed by atoms with Crippen LogP contribution in [0.1, 0.15) is 34.7 Å². The Labute approximate surface area is 120 Å². The van der Waals surface area contributed by atoms with Gasteiger partial charge in [0, 0.05) is 0 Å². The molecule has 5 heteroatoms. The minimum atomic E-state index is -0.340. The van der Waals surface area contributed by atoms with E-state index in [1.54, 1.807) is 13.0 Å². The van der Waals surface area contributed by atoms with Crippen molar-refractivity contribution in [2.45, 2.75) is 26.3 Å². The zero-order valence-corrected chi connectivity index (χ0v) is 12.6. The van der Waals surface area contributed by atoms with Crippen LogP contribution in [0.15, 0.2) is 10.5 Å². The number of carbonyl (C=O) groups is 1. The van der Waals surface area contributed by atoms with E-state index in [4.69, 9.17) is 9.15 Å². The molecule has 0 unspecified atom stereocenters. The van der Waals surface area contributed by atoms with Gasteiger partial charge in [0.25, 0.3) is 0 Å². The monoisotopic (exact) mass is 280 g/mol. The van der Waals surface area contributed by atoms with Gasteiger partial charge in [0.05, 0.1) is 13.7 Å². The molecule has 0 bridgehead atoms. The standard InChI is InChI=1S/C15H24N2O3/c1-11-14(15(18)19-3)8-13(20-11)10-16-9-12-4-6-17(2)7-5-12/h8,12,16H,4-7,9-10H2,1-3H3. The lowest BCUT2D eigenvalue weighted by molar-refractivity contribution is 0.0599.